The Kier molecular flexibility index (Phi) is 5.72. The number of methoxy groups -OCH3 is 1. The lowest BCUT2D eigenvalue weighted by Gasteiger charge is -2.10. The molecule has 112 valence electrons. The van der Waals surface area contributed by atoms with Crippen molar-refractivity contribution < 1.29 is 14.6 Å². The van der Waals surface area contributed by atoms with Crippen LogP contribution in [0.15, 0.2) is 42.5 Å². The fourth-order valence-electron chi connectivity index (χ4n) is 1.80. The normalized spacial score (nSPS) is 10.4. The van der Waals surface area contributed by atoms with Crippen molar-refractivity contribution in [2.24, 2.45) is 0 Å². The Balaban J connectivity index is 1.93. The van der Waals surface area contributed by atoms with Gasteiger partial charge in [0.05, 0.1) is 11.6 Å². The van der Waals surface area contributed by atoms with Crippen molar-refractivity contribution in [3.05, 3.63) is 53.1 Å². The summed E-state index contributed by atoms with van der Waals surface area (Å²) in [5.74, 6) is 0.884. The number of halogens is 1. The van der Waals surface area contributed by atoms with Crippen molar-refractivity contribution in [2.75, 3.05) is 25.6 Å². The summed E-state index contributed by atoms with van der Waals surface area (Å²) in [5.41, 5.74) is 1.94. The van der Waals surface area contributed by atoms with Gasteiger partial charge in [0.25, 0.3) is 0 Å². The maximum atomic E-state index is 9.39. The highest BCUT2D eigenvalue weighted by Crippen LogP contribution is 2.24. The summed E-state index contributed by atoms with van der Waals surface area (Å²) in [5, 5.41) is 13.0. The largest absolute Gasteiger partial charge is 0.506 e. The van der Waals surface area contributed by atoms with Gasteiger partial charge in [0.1, 0.15) is 18.1 Å². The number of hydrogen-bond donors (Lipinski definition) is 2. The maximum Gasteiger partial charge on any atom is 0.134 e. The van der Waals surface area contributed by atoms with Crippen LogP contribution in [0.5, 0.6) is 11.5 Å². The van der Waals surface area contributed by atoms with E-state index in [1.807, 2.05) is 30.3 Å². The highest BCUT2D eigenvalue weighted by molar-refractivity contribution is 6.32. The molecule has 4 nitrogen and oxygen atoms in total. The fourth-order valence-corrected chi connectivity index (χ4v) is 2.01. The number of benzene rings is 2. The number of hydrogen-bond acceptors (Lipinski definition) is 4. The van der Waals surface area contributed by atoms with E-state index in [0.29, 0.717) is 24.8 Å². The van der Waals surface area contributed by atoms with Gasteiger partial charge < -0.3 is 19.9 Å². The Labute approximate surface area is 129 Å². The number of rotatable bonds is 7. The van der Waals surface area contributed by atoms with E-state index in [1.165, 1.54) is 0 Å². The molecule has 2 aromatic carbocycles. The molecule has 0 bridgehead atoms. The van der Waals surface area contributed by atoms with Crippen LogP contribution in [0.3, 0.4) is 0 Å². The highest BCUT2D eigenvalue weighted by Gasteiger charge is 2.01. The Morgan fingerprint density at radius 2 is 2.00 bits per heavy atom. The lowest BCUT2D eigenvalue weighted by Crippen LogP contribution is -2.05. The third-order valence-electron chi connectivity index (χ3n) is 2.90. The third-order valence-corrected chi connectivity index (χ3v) is 3.20. The molecule has 0 saturated heterocycles. The minimum Gasteiger partial charge on any atom is -0.506 e. The number of phenols is 1. The van der Waals surface area contributed by atoms with Crippen molar-refractivity contribution in [1.82, 2.24) is 0 Å². The smallest absolute Gasteiger partial charge is 0.134 e. The summed E-state index contributed by atoms with van der Waals surface area (Å²) < 4.78 is 10.5. The second-order valence-corrected chi connectivity index (χ2v) is 4.92. The predicted molar refractivity (Wildman–Crippen MR) is 84.3 cm³/mol. The molecule has 0 fully saturated rings. The zero-order valence-electron chi connectivity index (χ0n) is 11.8. The zero-order chi connectivity index (χ0) is 15.1. The van der Waals surface area contributed by atoms with Crippen molar-refractivity contribution in [1.29, 1.82) is 0 Å². The van der Waals surface area contributed by atoms with Crippen molar-refractivity contribution in [3.63, 3.8) is 0 Å². The van der Waals surface area contributed by atoms with Crippen molar-refractivity contribution >= 4 is 17.3 Å². The van der Waals surface area contributed by atoms with Crippen LogP contribution in [-0.2, 0) is 11.3 Å². The number of ether oxygens (including phenoxy) is 2. The van der Waals surface area contributed by atoms with Crippen LogP contribution < -0.4 is 10.1 Å². The summed E-state index contributed by atoms with van der Waals surface area (Å²) in [6, 6.07) is 12.9. The van der Waals surface area contributed by atoms with Crippen LogP contribution in [0.25, 0.3) is 0 Å². The van der Waals surface area contributed by atoms with E-state index in [-0.39, 0.29) is 5.75 Å². The molecule has 0 heterocycles. The lowest BCUT2D eigenvalue weighted by atomic mass is 10.2. The van der Waals surface area contributed by atoms with E-state index in [0.717, 1.165) is 17.0 Å². The SMILES string of the molecule is COCCOc1cccc(NCc2ccc(O)c(Cl)c2)c1. The van der Waals surface area contributed by atoms with Gasteiger partial charge >= 0.3 is 0 Å². The van der Waals surface area contributed by atoms with Gasteiger partial charge in [-0.25, -0.2) is 0 Å². The first-order valence-electron chi connectivity index (χ1n) is 6.62. The molecule has 0 radical (unpaired) electrons. The van der Waals surface area contributed by atoms with Crippen LogP contribution in [0.1, 0.15) is 5.56 Å². The lowest BCUT2D eigenvalue weighted by molar-refractivity contribution is 0.146. The van der Waals surface area contributed by atoms with Gasteiger partial charge in [0.2, 0.25) is 0 Å². The van der Waals surface area contributed by atoms with E-state index in [1.54, 1.807) is 19.2 Å². The first-order chi connectivity index (χ1) is 10.2. The fraction of sp³-hybridized carbons (Fsp3) is 0.250. The molecule has 21 heavy (non-hydrogen) atoms. The van der Waals surface area contributed by atoms with E-state index in [2.05, 4.69) is 5.32 Å². The molecule has 0 saturated carbocycles. The summed E-state index contributed by atoms with van der Waals surface area (Å²) in [6.45, 7) is 1.69. The molecule has 0 aliphatic carbocycles. The van der Waals surface area contributed by atoms with E-state index in [4.69, 9.17) is 21.1 Å². The number of aromatic hydroxyl groups is 1. The molecule has 0 aliphatic heterocycles. The number of phenolic OH excluding ortho intramolecular Hbond substituents is 1. The van der Waals surface area contributed by atoms with Crippen LogP contribution in [0, 0.1) is 0 Å². The Morgan fingerprint density at radius 3 is 2.76 bits per heavy atom. The minimum atomic E-state index is 0.0916. The monoisotopic (exact) mass is 307 g/mol. The standard InChI is InChI=1S/C16H18ClNO3/c1-20-7-8-21-14-4-2-3-13(10-14)18-11-12-5-6-16(19)15(17)9-12/h2-6,9-10,18-19H,7-8,11H2,1H3. The van der Waals surface area contributed by atoms with Crippen LogP contribution in [-0.4, -0.2) is 25.4 Å². The Morgan fingerprint density at radius 1 is 1.14 bits per heavy atom. The maximum absolute atomic E-state index is 9.39. The quantitative estimate of drug-likeness (QED) is 0.766. The van der Waals surface area contributed by atoms with Gasteiger partial charge in [-0.3, -0.25) is 0 Å². The molecular weight excluding hydrogens is 290 g/mol. The summed E-state index contributed by atoms with van der Waals surface area (Å²) >= 11 is 5.88. The van der Waals surface area contributed by atoms with Gasteiger partial charge in [0.15, 0.2) is 0 Å². The van der Waals surface area contributed by atoms with E-state index >= 15 is 0 Å². The number of anilines is 1. The summed E-state index contributed by atoms with van der Waals surface area (Å²) in [6.07, 6.45) is 0. The predicted octanol–water partition coefficient (Wildman–Crippen LogP) is 3.68. The first-order valence-corrected chi connectivity index (χ1v) is 7.00. The molecule has 0 spiro atoms. The minimum absolute atomic E-state index is 0.0916. The van der Waals surface area contributed by atoms with Gasteiger partial charge in [-0.15, -0.1) is 0 Å². The Hall–Kier alpha value is -1.91. The average molecular weight is 308 g/mol. The third kappa shape index (κ3) is 4.85. The highest BCUT2D eigenvalue weighted by atomic mass is 35.5. The van der Waals surface area contributed by atoms with Crippen LogP contribution in [0.4, 0.5) is 5.69 Å². The molecule has 2 N–H and O–H groups in total. The molecule has 0 aromatic heterocycles. The van der Waals surface area contributed by atoms with Gasteiger partial charge in [0, 0.05) is 25.4 Å². The Bertz CT molecular complexity index is 589. The second kappa shape index (κ2) is 7.76. The van der Waals surface area contributed by atoms with Crippen molar-refractivity contribution in [3.8, 4) is 11.5 Å². The van der Waals surface area contributed by atoms with E-state index in [9.17, 15) is 5.11 Å². The van der Waals surface area contributed by atoms with Crippen LogP contribution in [0.2, 0.25) is 5.02 Å². The van der Waals surface area contributed by atoms with Gasteiger partial charge in [-0.1, -0.05) is 23.7 Å². The second-order valence-electron chi connectivity index (χ2n) is 4.51. The van der Waals surface area contributed by atoms with Gasteiger partial charge in [-0.05, 0) is 29.8 Å². The summed E-state index contributed by atoms with van der Waals surface area (Å²) in [7, 11) is 1.64. The van der Waals surface area contributed by atoms with Crippen LogP contribution >= 0.6 is 11.6 Å². The van der Waals surface area contributed by atoms with E-state index < -0.39 is 0 Å². The molecule has 2 aromatic rings. The number of nitrogens with one attached hydrogen (secondary N) is 1. The topological polar surface area (TPSA) is 50.7 Å². The average Bonchev–Trinajstić information content (AvgIpc) is 2.49. The molecule has 0 atom stereocenters. The molecule has 2 rings (SSSR count). The summed E-state index contributed by atoms with van der Waals surface area (Å²) in [4.78, 5) is 0. The molecule has 0 unspecified atom stereocenters. The molecule has 5 heteroatoms. The van der Waals surface area contributed by atoms with Crippen molar-refractivity contribution in [2.45, 2.75) is 6.54 Å². The zero-order valence-corrected chi connectivity index (χ0v) is 12.6. The molecular formula is C16H18ClNO3. The van der Waals surface area contributed by atoms with Gasteiger partial charge in [-0.2, -0.15) is 0 Å². The molecule has 0 aliphatic rings. The first kappa shape index (κ1) is 15.5. The molecule has 0 amide bonds.